The third kappa shape index (κ3) is 6.47. The van der Waals surface area contributed by atoms with Gasteiger partial charge < -0.3 is 25.0 Å². The highest BCUT2D eigenvalue weighted by atomic mass is 32.2. The van der Waals surface area contributed by atoms with E-state index in [4.69, 9.17) is 9.47 Å². The monoisotopic (exact) mass is 536 g/mol. The summed E-state index contributed by atoms with van der Waals surface area (Å²) in [5, 5.41) is 5.82. The van der Waals surface area contributed by atoms with Crippen LogP contribution in [0.2, 0.25) is 0 Å². The van der Waals surface area contributed by atoms with E-state index in [0.717, 1.165) is 0 Å². The van der Waals surface area contributed by atoms with Gasteiger partial charge in [-0.3, -0.25) is 9.52 Å². The molecular formula is C26H28N6O5S. The minimum Gasteiger partial charge on any atom is -0.497 e. The number of ether oxygens (including phenoxy) is 2. The number of hydrogen-bond acceptors (Lipinski definition) is 9. The van der Waals surface area contributed by atoms with Crippen LogP contribution in [-0.2, 0) is 14.8 Å². The summed E-state index contributed by atoms with van der Waals surface area (Å²) in [6.07, 6.45) is 0. The summed E-state index contributed by atoms with van der Waals surface area (Å²) in [6.45, 7) is 0.159. The van der Waals surface area contributed by atoms with Gasteiger partial charge >= 0.3 is 0 Å². The number of nitrogens with zero attached hydrogens (tertiary/aromatic N) is 3. The highest BCUT2D eigenvalue weighted by molar-refractivity contribution is 7.92. The van der Waals surface area contributed by atoms with Crippen molar-refractivity contribution in [2.24, 2.45) is 0 Å². The normalized spacial score (nSPS) is 11.3. The number of likely N-dealkylation sites (N-methyl/N-ethyl adjacent to an activating group) is 1. The van der Waals surface area contributed by atoms with Crippen LogP contribution < -0.4 is 24.8 Å². The summed E-state index contributed by atoms with van der Waals surface area (Å²) in [4.78, 5) is 22.9. The molecule has 4 rings (SSSR count). The van der Waals surface area contributed by atoms with E-state index < -0.39 is 10.0 Å². The number of anilines is 4. The van der Waals surface area contributed by atoms with E-state index in [9.17, 15) is 13.2 Å². The molecule has 0 spiro atoms. The first kappa shape index (κ1) is 26.6. The van der Waals surface area contributed by atoms with Crippen molar-refractivity contribution in [2.75, 3.05) is 50.2 Å². The number of carbonyl (C=O) groups is 1. The molecule has 1 amide bonds. The van der Waals surface area contributed by atoms with Crippen LogP contribution in [-0.4, -0.2) is 64.1 Å². The lowest BCUT2D eigenvalue weighted by Gasteiger charge is -2.15. The lowest BCUT2D eigenvalue weighted by atomic mass is 10.2. The Morgan fingerprint density at radius 1 is 0.842 bits per heavy atom. The molecule has 3 N–H and O–H groups in total. The largest absolute Gasteiger partial charge is 0.497 e. The lowest BCUT2D eigenvalue weighted by molar-refractivity contribution is -0.116. The third-order valence-electron chi connectivity index (χ3n) is 5.30. The van der Waals surface area contributed by atoms with Gasteiger partial charge in [-0.25, -0.2) is 18.4 Å². The first-order valence-corrected chi connectivity index (χ1v) is 13.0. The first-order valence-electron chi connectivity index (χ1n) is 11.5. The van der Waals surface area contributed by atoms with Gasteiger partial charge in [0.05, 0.1) is 36.7 Å². The highest BCUT2D eigenvalue weighted by Gasteiger charge is 2.20. The molecule has 1 aromatic heterocycles. The minimum atomic E-state index is -4.11. The number of rotatable bonds is 10. The van der Waals surface area contributed by atoms with Crippen LogP contribution in [0.1, 0.15) is 0 Å². The second kappa shape index (κ2) is 11.3. The Bertz CT molecular complexity index is 1550. The Hall–Kier alpha value is -4.42. The molecule has 0 atom stereocenters. The number of aromatic nitrogens is 2. The van der Waals surface area contributed by atoms with Crippen LogP contribution in [0.15, 0.2) is 71.6 Å². The van der Waals surface area contributed by atoms with E-state index in [1.807, 2.05) is 6.07 Å². The maximum Gasteiger partial charge on any atom is 0.263 e. The maximum absolute atomic E-state index is 13.4. The van der Waals surface area contributed by atoms with Crippen molar-refractivity contribution < 1.29 is 22.7 Å². The summed E-state index contributed by atoms with van der Waals surface area (Å²) < 4.78 is 40.0. The van der Waals surface area contributed by atoms with Crippen LogP contribution in [0.25, 0.3) is 11.0 Å². The standard InChI is InChI=1S/C26H28N6O5S/c1-32(2)16-24(33)27-17-8-7-9-21(14-17)38(34,35)31-26-25(29-22-10-5-6-11-23(22)30-26)28-18-12-19(36-3)15-20(13-18)37-4/h5-15H,16H2,1-4H3,(H,27,33)(H,28,29)(H,30,31). The van der Waals surface area contributed by atoms with Gasteiger partial charge in [0.1, 0.15) is 11.5 Å². The van der Waals surface area contributed by atoms with Crippen molar-refractivity contribution in [3.63, 3.8) is 0 Å². The number of para-hydroxylation sites is 2. The van der Waals surface area contributed by atoms with Crippen molar-refractivity contribution in [2.45, 2.75) is 4.90 Å². The molecule has 198 valence electrons. The summed E-state index contributed by atoms with van der Waals surface area (Å²) >= 11 is 0. The number of sulfonamides is 1. The molecule has 0 bridgehead atoms. The van der Waals surface area contributed by atoms with E-state index in [-0.39, 0.29) is 29.0 Å². The number of benzene rings is 3. The van der Waals surface area contributed by atoms with E-state index in [2.05, 4.69) is 25.3 Å². The smallest absolute Gasteiger partial charge is 0.263 e. The van der Waals surface area contributed by atoms with Crippen molar-refractivity contribution in [3.05, 3.63) is 66.7 Å². The molecule has 0 aliphatic heterocycles. The second-order valence-electron chi connectivity index (χ2n) is 8.56. The number of carbonyl (C=O) groups excluding carboxylic acids is 1. The van der Waals surface area contributed by atoms with Gasteiger partial charge in [0.2, 0.25) is 5.91 Å². The SMILES string of the molecule is COc1cc(Nc2nc3ccccc3nc2NS(=O)(=O)c2cccc(NC(=O)CN(C)C)c2)cc(OC)c1. The van der Waals surface area contributed by atoms with Crippen LogP contribution in [0.3, 0.4) is 0 Å². The topological polar surface area (TPSA) is 135 Å². The number of nitrogens with one attached hydrogen (secondary N) is 3. The summed E-state index contributed by atoms with van der Waals surface area (Å²) in [5.74, 6) is 0.982. The number of hydrogen-bond donors (Lipinski definition) is 3. The summed E-state index contributed by atoms with van der Waals surface area (Å²) in [7, 11) is 2.49. The molecule has 0 radical (unpaired) electrons. The van der Waals surface area contributed by atoms with Crippen LogP contribution in [0.5, 0.6) is 11.5 Å². The van der Waals surface area contributed by atoms with Gasteiger partial charge in [0.25, 0.3) is 10.0 Å². The molecule has 0 aliphatic rings. The molecule has 0 saturated carbocycles. The zero-order valence-electron chi connectivity index (χ0n) is 21.3. The zero-order chi connectivity index (χ0) is 27.3. The number of fused-ring (bicyclic) bond motifs is 1. The Morgan fingerprint density at radius 2 is 1.47 bits per heavy atom. The summed E-state index contributed by atoms with van der Waals surface area (Å²) in [5.41, 5.74) is 1.98. The predicted molar refractivity (Wildman–Crippen MR) is 147 cm³/mol. The molecule has 0 saturated heterocycles. The fourth-order valence-corrected chi connectivity index (χ4v) is 4.64. The molecule has 38 heavy (non-hydrogen) atoms. The van der Waals surface area contributed by atoms with Gasteiger partial charge in [-0.05, 0) is 44.4 Å². The van der Waals surface area contributed by atoms with Crippen LogP contribution in [0.4, 0.5) is 23.0 Å². The highest BCUT2D eigenvalue weighted by Crippen LogP contribution is 2.31. The first-order chi connectivity index (χ1) is 18.2. The molecule has 0 aliphatic carbocycles. The van der Waals surface area contributed by atoms with E-state index in [1.165, 1.54) is 26.4 Å². The van der Waals surface area contributed by atoms with Crippen molar-refractivity contribution in [1.82, 2.24) is 14.9 Å². The Labute approximate surface area is 220 Å². The molecule has 12 heteroatoms. The molecule has 4 aromatic rings. The van der Waals surface area contributed by atoms with Crippen LogP contribution >= 0.6 is 0 Å². The second-order valence-corrected chi connectivity index (χ2v) is 10.2. The number of amides is 1. The molecule has 0 unspecified atom stereocenters. The zero-order valence-corrected chi connectivity index (χ0v) is 22.2. The van der Waals surface area contributed by atoms with Crippen molar-refractivity contribution in [1.29, 1.82) is 0 Å². The Kier molecular flexibility index (Phi) is 7.93. The fourth-order valence-electron chi connectivity index (χ4n) is 3.59. The molecule has 3 aromatic carbocycles. The van der Waals surface area contributed by atoms with E-state index in [0.29, 0.717) is 33.9 Å². The van der Waals surface area contributed by atoms with Gasteiger partial charge in [-0.2, -0.15) is 0 Å². The quantitative estimate of drug-likeness (QED) is 0.277. The predicted octanol–water partition coefficient (Wildman–Crippen LogP) is 3.69. The van der Waals surface area contributed by atoms with E-state index in [1.54, 1.807) is 67.5 Å². The van der Waals surface area contributed by atoms with Gasteiger partial charge in [-0.15, -0.1) is 0 Å². The number of methoxy groups -OCH3 is 2. The van der Waals surface area contributed by atoms with Gasteiger partial charge in [0, 0.05) is 29.6 Å². The third-order valence-corrected chi connectivity index (χ3v) is 6.64. The molecule has 11 nitrogen and oxygen atoms in total. The average Bonchev–Trinajstić information content (AvgIpc) is 2.88. The Morgan fingerprint density at radius 3 is 2.08 bits per heavy atom. The van der Waals surface area contributed by atoms with E-state index >= 15 is 0 Å². The minimum absolute atomic E-state index is 0.00691. The maximum atomic E-state index is 13.4. The molecule has 1 heterocycles. The van der Waals surface area contributed by atoms with Crippen molar-refractivity contribution in [3.8, 4) is 11.5 Å². The molecule has 0 fully saturated rings. The van der Waals surface area contributed by atoms with Crippen LogP contribution in [0, 0.1) is 0 Å². The average molecular weight is 537 g/mol. The fraction of sp³-hybridized carbons (Fsp3) is 0.192. The Balaban J connectivity index is 1.69. The lowest BCUT2D eigenvalue weighted by Crippen LogP contribution is -2.27. The van der Waals surface area contributed by atoms with Gasteiger partial charge in [0.15, 0.2) is 11.6 Å². The summed E-state index contributed by atoms with van der Waals surface area (Å²) in [6, 6.07) is 18.2. The van der Waals surface area contributed by atoms with Crippen molar-refractivity contribution >= 4 is 50.0 Å². The van der Waals surface area contributed by atoms with Gasteiger partial charge in [-0.1, -0.05) is 18.2 Å². The molecular weight excluding hydrogens is 508 g/mol.